The molecule has 1 aliphatic rings. The fourth-order valence-electron chi connectivity index (χ4n) is 3.47. The smallest absolute Gasteiger partial charge is 0.270 e. The van der Waals surface area contributed by atoms with Crippen molar-refractivity contribution >= 4 is 57.6 Å². The molecule has 0 spiro atoms. The minimum absolute atomic E-state index is 0.167. The van der Waals surface area contributed by atoms with E-state index in [-0.39, 0.29) is 18.4 Å². The number of aryl methyl sites for hydroxylation is 2. The zero-order chi connectivity index (χ0) is 24.9. The molecule has 4 rings (SSSR count). The molecule has 0 aromatic heterocycles. The number of hydrogen-bond donors (Lipinski definition) is 1. The fourth-order valence-corrected chi connectivity index (χ4v) is 4.77. The standard InChI is InChI=1S/C27H24N2O4S2/c1-17-8-11-20(12-9-17)29-26(31)24(35-27(29)34)15-19-10-13-22(23(14-19)32-3)33-16-25(30)28-21-7-5-4-6-18(21)2/h4-15H,16H2,1-3H3,(H,28,30)/b24-15+. The SMILES string of the molecule is COc1cc(/C=C2/SC(=S)N(c3ccc(C)cc3)C2=O)ccc1OCC(=O)Nc1ccccc1C. The Morgan fingerprint density at radius 2 is 1.80 bits per heavy atom. The molecule has 6 nitrogen and oxygen atoms in total. The Balaban J connectivity index is 1.45. The number of carbonyl (C=O) groups excluding carboxylic acids is 2. The average Bonchev–Trinajstić information content (AvgIpc) is 3.12. The van der Waals surface area contributed by atoms with E-state index in [1.165, 1.54) is 23.8 Å². The molecule has 0 radical (unpaired) electrons. The molecular formula is C27H24N2O4S2. The van der Waals surface area contributed by atoms with E-state index in [1.807, 2.05) is 62.4 Å². The number of amides is 2. The lowest BCUT2D eigenvalue weighted by atomic mass is 10.1. The lowest BCUT2D eigenvalue weighted by Gasteiger charge is -2.14. The van der Waals surface area contributed by atoms with Gasteiger partial charge in [-0.05, 0) is 61.4 Å². The van der Waals surface area contributed by atoms with Gasteiger partial charge >= 0.3 is 0 Å². The van der Waals surface area contributed by atoms with Gasteiger partial charge in [0.05, 0.1) is 17.7 Å². The first-order valence-electron chi connectivity index (χ1n) is 10.9. The normalized spacial score (nSPS) is 14.4. The zero-order valence-corrected chi connectivity index (χ0v) is 21.2. The molecule has 3 aromatic rings. The minimum atomic E-state index is -0.273. The van der Waals surface area contributed by atoms with Crippen molar-refractivity contribution in [1.29, 1.82) is 0 Å². The summed E-state index contributed by atoms with van der Waals surface area (Å²) in [5.41, 5.74) is 4.31. The van der Waals surface area contributed by atoms with Crippen molar-refractivity contribution in [3.63, 3.8) is 0 Å². The van der Waals surface area contributed by atoms with Gasteiger partial charge in [-0.2, -0.15) is 0 Å². The first kappa shape index (κ1) is 24.5. The molecule has 2 amide bonds. The molecule has 0 atom stereocenters. The number of anilines is 2. The first-order chi connectivity index (χ1) is 16.9. The second-order valence-electron chi connectivity index (χ2n) is 7.91. The Bertz CT molecular complexity index is 1320. The summed E-state index contributed by atoms with van der Waals surface area (Å²) in [7, 11) is 1.52. The summed E-state index contributed by atoms with van der Waals surface area (Å²) in [4.78, 5) is 27.4. The average molecular weight is 505 g/mol. The van der Waals surface area contributed by atoms with Crippen LogP contribution in [-0.4, -0.2) is 29.9 Å². The quantitative estimate of drug-likeness (QED) is 0.327. The number of methoxy groups -OCH3 is 1. The molecule has 0 bridgehead atoms. The lowest BCUT2D eigenvalue weighted by molar-refractivity contribution is -0.118. The number of thiocarbonyl (C=S) groups is 1. The van der Waals surface area contributed by atoms with Crippen LogP contribution in [0.3, 0.4) is 0 Å². The van der Waals surface area contributed by atoms with E-state index < -0.39 is 0 Å². The van der Waals surface area contributed by atoms with Crippen LogP contribution in [0.25, 0.3) is 6.08 Å². The maximum atomic E-state index is 13.0. The number of thioether (sulfide) groups is 1. The van der Waals surface area contributed by atoms with Crippen LogP contribution >= 0.6 is 24.0 Å². The number of carbonyl (C=O) groups is 2. The van der Waals surface area contributed by atoms with Gasteiger partial charge in [-0.15, -0.1) is 0 Å². The Morgan fingerprint density at radius 3 is 2.51 bits per heavy atom. The third-order valence-corrected chi connectivity index (χ3v) is 6.65. The fraction of sp³-hybridized carbons (Fsp3) is 0.148. The van der Waals surface area contributed by atoms with E-state index in [0.717, 1.165) is 28.1 Å². The molecular weight excluding hydrogens is 480 g/mol. The summed E-state index contributed by atoms with van der Waals surface area (Å²) in [6, 6.07) is 20.5. The van der Waals surface area contributed by atoms with Crippen molar-refractivity contribution in [2.24, 2.45) is 0 Å². The van der Waals surface area contributed by atoms with Crippen LogP contribution in [0, 0.1) is 13.8 Å². The predicted molar refractivity (Wildman–Crippen MR) is 145 cm³/mol. The molecule has 0 unspecified atom stereocenters. The van der Waals surface area contributed by atoms with Crippen LogP contribution < -0.4 is 19.7 Å². The maximum absolute atomic E-state index is 13.0. The summed E-state index contributed by atoms with van der Waals surface area (Å²) in [6.45, 7) is 3.75. The predicted octanol–water partition coefficient (Wildman–Crippen LogP) is 5.74. The molecule has 1 heterocycles. The molecule has 1 saturated heterocycles. The van der Waals surface area contributed by atoms with Crippen LogP contribution in [0.4, 0.5) is 11.4 Å². The number of rotatable bonds is 7. The van der Waals surface area contributed by atoms with Crippen molar-refractivity contribution in [3.05, 3.63) is 88.3 Å². The number of nitrogens with zero attached hydrogens (tertiary/aromatic N) is 1. The van der Waals surface area contributed by atoms with Gasteiger partial charge in [0.2, 0.25) is 0 Å². The second-order valence-corrected chi connectivity index (χ2v) is 9.59. The molecule has 1 N–H and O–H groups in total. The van der Waals surface area contributed by atoms with Gasteiger partial charge in [-0.25, -0.2) is 0 Å². The van der Waals surface area contributed by atoms with Crippen LogP contribution in [0.5, 0.6) is 11.5 Å². The lowest BCUT2D eigenvalue weighted by Crippen LogP contribution is -2.27. The third-order valence-electron chi connectivity index (χ3n) is 5.35. The van der Waals surface area contributed by atoms with Crippen molar-refractivity contribution < 1.29 is 19.1 Å². The summed E-state index contributed by atoms with van der Waals surface area (Å²) >= 11 is 6.71. The van der Waals surface area contributed by atoms with Crippen molar-refractivity contribution in [3.8, 4) is 11.5 Å². The summed E-state index contributed by atoms with van der Waals surface area (Å²) in [6.07, 6.45) is 1.77. The zero-order valence-electron chi connectivity index (χ0n) is 19.5. The number of ether oxygens (including phenoxy) is 2. The molecule has 178 valence electrons. The first-order valence-corrected chi connectivity index (χ1v) is 12.1. The van der Waals surface area contributed by atoms with E-state index in [4.69, 9.17) is 21.7 Å². The van der Waals surface area contributed by atoms with Crippen molar-refractivity contribution in [1.82, 2.24) is 0 Å². The second kappa shape index (κ2) is 10.8. The van der Waals surface area contributed by atoms with Gasteiger partial charge in [0.1, 0.15) is 0 Å². The van der Waals surface area contributed by atoms with Gasteiger partial charge in [0.25, 0.3) is 11.8 Å². The molecule has 1 aliphatic heterocycles. The van der Waals surface area contributed by atoms with Crippen molar-refractivity contribution in [2.75, 3.05) is 23.9 Å². The van der Waals surface area contributed by atoms with E-state index >= 15 is 0 Å². The van der Waals surface area contributed by atoms with Crippen LogP contribution in [-0.2, 0) is 9.59 Å². The Morgan fingerprint density at radius 1 is 1.06 bits per heavy atom. The topological polar surface area (TPSA) is 67.9 Å². The Labute approximate surface area is 213 Å². The summed E-state index contributed by atoms with van der Waals surface area (Å²) in [5.74, 6) is 0.439. The molecule has 8 heteroatoms. The number of benzene rings is 3. The van der Waals surface area contributed by atoms with Gasteiger partial charge in [0.15, 0.2) is 22.4 Å². The largest absolute Gasteiger partial charge is 0.493 e. The van der Waals surface area contributed by atoms with E-state index in [9.17, 15) is 9.59 Å². The van der Waals surface area contributed by atoms with Crippen molar-refractivity contribution in [2.45, 2.75) is 13.8 Å². The molecule has 0 aliphatic carbocycles. The highest BCUT2D eigenvalue weighted by Gasteiger charge is 2.33. The highest BCUT2D eigenvalue weighted by atomic mass is 32.2. The minimum Gasteiger partial charge on any atom is -0.493 e. The number of para-hydroxylation sites is 1. The van der Waals surface area contributed by atoms with Gasteiger partial charge in [-0.1, -0.05) is 65.9 Å². The Kier molecular flexibility index (Phi) is 7.53. The van der Waals surface area contributed by atoms with Gasteiger partial charge in [-0.3, -0.25) is 14.5 Å². The van der Waals surface area contributed by atoms with Crippen LogP contribution in [0.1, 0.15) is 16.7 Å². The van der Waals surface area contributed by atoms with Crippen LogP contribution in [0.2, 0.25) is 0 Å². The maximum Gasteiger partial charge on any atom is 0.270 e. The molecule has 35 heavy (non-hydrogen) atoms. The number of nitrogens with one attached hydrogen (secondary N) is 1. The van der Waals surface area contributed by atoms with Gasteiger partial charge in [0, 0.05) is 5.69 Å². The third kappa shape index (κ3) is 5.72. The van der Waals surface area contributed by atoms with E-state index in [0.29, 0.717) is 20.7 Å². The number of hydrogen-bond acceptors (Lipinski definition) is 6. The van der Waals surface area contributed by atoms with E-state index in [2.05, 4.69) is 5.32 Å². The van der Waals surface area contributed by atoms with E-state index in [1.54, 1.807) is 24.3 Å². The van der Waals surface area contributed by atoms with Gasteiger partial charge < -0.3 is 14.8 Å². The Hall–Kier alpha value is -3.62. The molecule has 1 fully saturated rings. The molecule has 0 saturated carbocycles. The van der Waals surface area contributed by atoms with Crippen LogP contribution in [0.15, 0.2) is 71.6 Å². The monoisotopic (exact) mass is 504 g/mol. The highest BCUT2D eigenvalue weighted by molar-refractivity contribution is 8.27. The molecule has 3 aromatic carbocycles. The highest BCUT2D eigenvalue weighted by Crippen LogP contribution is 2.37. The summed E-state index contributed by atoms with van der Waals surface area (Å²) < 4.78 is 11.6. The summed E-state index contributed by atoms with van der Waals surface area (Å²) in [5, 5.41) is 2.84.